The number of halogens is 1. The first-order valence-corrected chi connectivity index (χ1v) is 10.4. The third kappa shape index (κ3) is 2.86. The lowest BCUT2D eigenvalue weighted by Gasteiger charge is -2.29. The predicted octanol–water partition coefficient (Wildman–Crippen LogP) is 3.27. The van der Waals surface area contributed by atoms with Crippen molar-refractivity contribution in [2.75, 3.05) is 24.6 Å². The number of hydrogen-bond acceptors (Lipinski definition) is 5. The number of hydrazine groups is 1. The zero-order valence-corrected chi connectivity index (χ0v) is 16.9. The molecule has 2 amide bonds. The molecule has 0 spiro atoms. The summed E-state index contributed by atoms with van der Waals surface area (Å²) in [6, 6.07) is 14.2. The molecule has 3 aliphatic rings. The van der Waals surface area contributed by atoms with Gasteiger partial charge in [-0.1, -0.05) is 23.7 Å². The van der Waals surface area contributed by atoms with Crippen molar-refractivity contribution in [1.82, 2.24) is 10.0 Å². The molecule has 7 heteroatoms. The lowest BCUT2D eigenvalue weighted by Crippen LogP contribution is -2.44. The average Bonchev–Trinajstić information content (AvgIpc) is 3.36. The Hall–Kier alpha value is -2.41. The highest BCUT2D eigenvalue weighted by molar-refractivity contribution is 6.30. The predicted molar refractivity (Wildman–Crippen MR) is 110 cm³/mol. The summed E-state index contributed by atoms with van der Waals surface area (Å²) in [5.74, 6) is 0.0156. The van der Waals surface area contributed by atoms with Gasteiger partial charge in [-0.05, 0) is 55.3 Å². The first-order chi connectivity index (χ1) is 14.1. The maximum absolute atomic E-state index is 13.5. The highest BCUT2D eigenvalue weighted by atomic mass is 35.5. The molecule has 5 rings (SSSR count). The molecule has 2 aromatic carbocycles. The molecule has 3 saturated heterocycles. The Morgan fingerprint density at radius 1 is 0.931 bits per heavy atom. The van der Waals surface area contributed by atoms with Gasteiger partial charge < -0.3 is 4.74 Å². The van der Waals surface area contributed by atoms with E-state index in [9.17, 15) is 9.59 Å². The van der Waals surface area contributed by atoms with Crippen molar-refractivity contribution in [3.05, 3.63) is 59.1 Å². The van der Waals surface area contributed by atoms with Crippen molar-refractivity contribution in [2.45, 2.75) is 25.4 Å². The molecule has 2 aromatic rings. The second kappa shape index (κ2) is 7.13. The van der Waals surface area contributed by atoms with Crippen LogP contribution >= 0.6 is 11.6 Å². The number of anilines is 1. The summed E-state index contributed by atoms with van der Waals surface area (Å²) in [6.45, 7) is 4.13. The minimum atomic E-state index is -0.447. The molecule has 6 nitrogen and oxygen atoms in total. The van der Waals surface area contributed by atoms with Crippen LogP contribution < -0.4 is 9.64 Å². The fraction of sp³-hybridized carbons (Fsp3) is 0.364. The fourth-order valence-electron chi connectivity index (χ4n) is 4.89. The lowest BCUT2D eigenvalue weighted by molar-refractivity contribution is -0.126. The number of carbonyl (C=O) groups is 2. The van der Waals surface area contributed by atoms with Crippen LogP contribution in [0.5, 0.6) is 5.75 Å². The van der Waals surface area contributed by atoms with Crippen molar-refractivity contribution < 1.29 is 14.3 Å². The molecule has 0 N–H and O–H groups in total. The highest BCUT2D eigenvalue weighted by Gasteiger charge is 2.62. The molecule has 3 aliphatic heterocycles. The molecule has 29 heavy (non-hydrogen) atoms. The van der Waals surface area contributed by atoms with Gasteiger partial charge in [0, 0.05) is 18.1 Å². The minimum absolute atomic E-state index is 0.140. The van der Waals surface area contributed by atoms with E-state index in [0.29, 0.717) is 17.3 Å². The summed E-state index contributed by atoms with van der Waals surface area (Å²) >= 11 is 6.07. The Morgan fingerprint density at radius 2 is 1.59 bits per heavy atom. The van der Waals surface area contributed by atoms with E-state index in [1.54, 1.807) is 24.3 Å². The van der Waals surface area contributed by atoms with Gasteiger partial charge in [0.2, 0.25) is 5.91 Å². The van der Waals surface area contributed by atoms with Gasteiger partial charge in [0.1, 0.15) is 11.8 Å². The third-order valence-corrected chi connectivity index (χ3v) is 6.28. The van der Waals surface area contributed by atoms with Crippen LogP contribution in [0.2, 0.25) is 5.02 Å². The van der Waals surface area contributed by atoms with Gasteiger partial charge in [-0.25, -0.2) is 14.9 Å². The molecule has 3 fully saturated rings. The Morgan fingerprint density at radius 3 is 2.24 bits per heavy atom. The van der Waals surface area contributed by atoms with Crippen LogP contribution in [0.3, 0.4) is 0 Å². The zero-order chi connectivity index (χ0) is 20.1. The van der Waals surface area contributed by atoms with Crippen molar-refractivity contribution in [1.29, 1.82) is 0 Å². The second-order valence-electron chi connectivity index (χ2n) is 7.59. The van der Waals surface area contributed by atoms with Gasteiger partial charge in [0.05, 0.1) is 24.3 Å². The molecule has 3 atom stereocenters. The molecule has 150 valence electrons. The largest absolute Gasteiger partial charge is 0.494 e. The van der Waals surface area contributed by atoms with E-state index in [-0.39, 0.29) is 17.9 Å². The van der Waals surface area contributed by atoms with E-state index in [0.717, 1.165) is 30.8 Å². The van der Waals surface area contributed by atoms with Gasteiger partial charge in [-0.3, -0.25) is 9.59 Å². The van der Waals surface area contributed by atoms with E-state index in [2.05, 4.69) is 10.0 Å². The summed E-state index contributed by atoms with van der Waals surface area (Å²) in [5.41, 5.74) is 1.61. The van der Waals surface area contributed by atoms with Crippen LogP contribution in [-0.2, 0) is 9.59 Å². The van der Waals surface area contributed by atoms with Crippen LogP contribution in [0.1, 0.15) is 24.9 Å². The molecular formula is C22H22ClN3O3. The summed E-state index contributed by atoms with van der Waals surface area (Å²) < 4.78 is 5.48. The molecular weight excluding hydrogens is 390 g/mol. The van der Waals surface area contributed by atoms with E-state index >= 15 is 0 Å². The third-order valence-electron chi connectivity index (χ3n) is 6.02. The number of ether oxygens (including phenoxy) is 1. The minimum Gasteiger partial charge on any atom is -0.494 e. The van der Waals surface area contributed by atoms with Crippen molar-refractivity contribution in [3.63, 3.8) is 0 Å². The zero-order valence-electron chi connectivity index (χ0n) is 16.1. The molecule has 3 heterocycles. The second-order valence-corrected chi connectivity index (χ2v) is 8.02. The smallest absolute Gasteiger partial charge is 0.253 e. The van der Waals surface area contributed by atoms with E-state index in [1.807, 2.05) is 31.2 Å². The fourth-order valence-corrected chi connectivity index (χ4v) is 5.01. The number of fused-ring (bicyclic) bond motifs is 3. The normalized spacial score (nSPS) is 26.8. The maximum Gasteiger partial charge on any atom is 0.253 e. The maximum atomic E-state index is 13.5. The SMILES string of the molecule is CCOc1ccc(N2C(=O)[C@@H]3[C@@H](C2=O)N2CCCN2[C@H]3c2ccc(Cl)cc2)cc1. The lowest BCUT2D eigenvalue weighted by atomic mass is 9.90. The topological polar surface area (TPSA) is 53.1 Å². The van der Waals surface area contributed by atoms with Crippen molar-refractivity contribution in [3.8, 4) is 5.75 Å². The average molecular weight is 412 g/mol. The van der Waals surface area contributed by atoms with E-state index in [1.165, 1.54) is 4.90 Å². The summed E-state index contributed by atoms with van der Waals surface area (Å²) in [4.78, 5) is 28.2. The first-order valence-electron chi connectivity index (χ1n) is 9.99. The molecule has 0 radical (unpaired) electrons. The van der Waals surface area contributed by atoms with Crippen LogP contribution in [-0.4, -0.2) is 47.6 Å². The Labute approximate surface area is 174 Å². The van der Waals surface area contributed by atoms with Crippen LogP contribution in [0.15, 0.2) is 48.5 Å². The summed E-state index contributed by atoms with van der Waals surface area (Å²) in [6.07, 6.45) is 0.984. The molecule has 0 bridgehead atoms. The van der Waals surface area contributed by atoms with Crippen molar-refractivity contribution >= 4 is 29.1 Å². The number of carbonyl (C=O) groups excluding carboxylic acids is 2. The van der Waals surface area contributed by atoms with Crippen molar-refractivity contribution in [2.24, 2.45) is 5.92 Å². The molecule has 0 aromatic heterocycles. The quantitative estimate of drug-likeness (QED) is 0.723. The molecule has 0 aliphatic carbocycles. The van der Waals surface area contributed by atoms with Crippen LogP contribution in [0.4, 0.5) is 5.69 Å². The number of rotatable bonds is 4. The van der Waals surface area contributed by atoms with Gasteiger partial charge in [-0.15, -0.1) is 0 Å². The van der Waals surface area contributed by atoms with Gasteiger partial charge in [0.25, 0.3) is 5.91 Å². The van der Waals surface area contributed by atoms with Gasteiger partial charge in [0.15, 0.2) is 0 Å². The monoisotopic (exact) mass is 411 g/mol. The number of amides is 2. The molecule has 0 saturated carbocycles. The Balaban J connectivity index is 1.51. The number of hydrogen-bond donors (Lipinski definition) is 0. The number of nitrogens with zero attached hydrogens (tertiary/aromatic N) is 3. The van der Waals surface area contributed by atoms with E-state index < -0.39 is 12.0 Å². The Kier molecular flexibility index (Phi) is 4.57. The van der Waals surface area contributed by atoms with Gasteiger partial charge >= 0.3 is 0 Å². The van der Waals surface area contributed by atoms with Crippen LogP contribution in [0, 0.1) is 5.92 Å². The van der Waals surface area contributed by atoms with Gasteiger partial charge in [-0.2, -0.15) is 0 Å². The molecule has 0 unspecified atom stereocenters. The Bertz CT molecular complexity index is 947. The standard InChI is InChI=1S/C22H22ClN3O3/c1-2-29-17-10-8-16(9-11-17)26-21(27)18-19(14-4-6-15(23)7-5-14)24-12-3-13-25(24)20(18)22(26)28/h4-11,18-20H,2-3,12-13H2,1H3/t18-,19-,20-/m0/s1. The number of imide groups is 1. The first kappa shape index (κ1) is 18.6. The number of benzene rings is 2. The summed E-state index contributed by atoms with van der Waals surface area (Å²) in [7, 11) is 0. The summed E-state index contributed by atoms with van der Waals surface area (Å²) in [5, 5.41) is 4.95. The highest BCUT2D eigenvalue weighted by Crippen LogP contribution is 2.49. The van der Waals surface area contributed by atoms with Crippen LogP contribution in [0.25, 0.3) is 0 Å². The van der Waals surface area contributed by atoms with E-state index in [4.69, 9.17) is 16.3 Å².